The molecule has 0 saturated carbocycles. The molecule has 3 nitrogen and oxygen atoms in total. The van der Waals surface area contributed by atoms with Crippen LogP contribution in [0.2, 0.25) is 0 Å². The zero-order valence-corrected chi connectivity index (χ0v) is 8.43. The van der Waals surface area contributed by atoms with Gasteiger partial charge in [0.25, 0.3) is 5.92 Å². The Balaban J connectivity index is 2.65. The summed E-state index contributed by atoms with van der Waals surface area (Å²) in [4.78, 5) is 0. The molecule has 0 spiro atoms. The summed E-state index contributed by atoms with van der Waals surface area (Å²) >= 11 is 0. The number of rotatable bonds is 4. The van der Waals surface area contributed by atoms with Gasteiger partial charge in [-0.25, -0.2) is 8.78 Å². The number of aliphatic hydroxyl groups is 1. The molecule has 1 rings (SSSR count). The van der Waals surface area contributed by atoms with E-state index in [1.165, 1.54) is 0 Å². The number of hydrogen-bond donors (Lipinski definition) is 3. The largest absolute Gasteiger partial charge is 0.399 e. The molecule has 1 aromatic carbocycles. The second kappa shape index (κ2) is 4.44. The smallest absolute Gasteiger partial charge is 0.287 e. The molecule has 0 atom stereocenters. The minimum atomic E-state index is -3.11. The van der Waals surface area contributed by atoms with Crippen LogP contribution in [0.1, 0.15) is 5.56 Å². The van der Waals surface area contributed by atoms with E-state index < -0.39 is 19.1 Å². The predicted molar refractivity (Wildman–Crippen MR) is 56.1 cm³/mol. The number of hydrogen-bond acceptors (Lipinski definition) is 3. The normalized spacial score (nSPS) is 11.5. The molecule has 0 amide bonds. The SMILES string of the molecule is Cc1cc(N)cc(NCC(F)(F)CO)c1. The van der Waals surface area contributed by atoms with Crippen molar-refractivity contribution in [3.63, 3.8) is 0 Å². The maximum absolute atomic E-state index is 12.7. The van der Waals surface area contributed by atoms with Gasteiger partial charge in [-0.3, -0.25) is 0 Å². The van der Waals surface area contributed by atoms with Crippen LogP contribution < -0.4 is 11.1 Å². The van der Waals surface area contributed by atoms with E-state index in [4.69, 9.17) is 10.8 Å². The maximum Gasteiger partial charge on any atom is 0.287 e. The third-order valence-electron chi connectivity index (χ3n) is 1.88. The Kier molecular flexibility index (Phi) is 3.47. The number of aryl methyl sites for hydroxylation is 1. The van der Waals surface area contributed by atoms with Gasteiger partial charge in [-0.1, -0.05) is 0 Å². The van der Waals surface area contributed by atoms with Crippen LogP contribution in [0.5, 0.6) is 0 Å². The summed E-state index contributed by atoms with van der Waals surface area (Å²) in [5, 5.41) is 10.9. The van der Waals surface area contributed by atoms with Gasteiger partial charge in [0.05, 0.1) is 6.54 Å². The molecule has 0 aliphatic rings. The second-order valence-corrected chi connectivity index (χ2v) is 3.50. The summed E-state index contributed by atoms with van der Waals surface area (Å²) in [6.07, 6.45) is 0. The Morgan fingerprint density at radius 3 is 2.60 bits per heavy atom. The Labute approximate surface area is 86.9 Å². The lowest BCUT2D eigenvalue weighted by Gasteiger charge is -2.15. The van der Waals surface area contributed by atoms with Crippen molar-refractivity contribution in [1.29, 1.82) is 0 Å². The summed E-state index contributed by atoms with van der Waals surface area (Å²) in [6, 6.07) is 5.03. The molecule has 0 bridgehead atoms. The molecule has 84 valence electrons. The van der Waals surface area contributed by atoms with Crippen LogP contribution in [0.3, 0.4) is 0 Å². The first-order valence-electron chi connectivity index (χ1n) is 4.53. The summed E-state index contributed by atoms with van der Waals surface area (Å²) in [7, 11) is 0. The van der Waals surface area contributed by atoms with Crippen molar-refractivity contribution in [2.75, 3.05) is 24.2 Å². The van der Waals surface area contributed by atoms with E-state index in [1.54, 1.807) is 18.2 Å². The van der Waals surface area contributed by atoms with Crippen LogP contribution >= 0.6 is 0 Å². The minimum absolute atomic E-state index is 0.518. The summed E-state index contributed by atoms with van der Waals surface area (Å²) < 4.78 is 25.4. The van der Waals surface area contributed by atoms with Crippen molar-refractivity contribution in [3.05, 3.63) is 23.8 Å². The zero-order valence-electron chi connectivity index (χ0n) is 8.43. The number of halogens is 2. The first-order valence-corrected chi connectivity index (χ1v) is 4.53. The Bertz CT molecular complexity index is 322. The molecular weight excluding hydrogens is 202 g/mol. The number of alkyl halides is 2. The first-order chi connectivity index (χ1) is 6.93. The van der Waals surface area contributed by atoms with Crippen molar-refractivity contribution in [1.82, 2.24) is 0 Å². The number of nitrogen functional groups attached to an aromatic ring is 1. The van der Waals surface area contributed by atoms with E-state index in [2.05, 4.69) is 5.32 Å². The van der Waals surface area contributed by atoms with E-state index in [0.717, 1.165) is 5.56 Å². The monoisotopic (exact) mass is 216 g/mol. The number of nitrogens with two attached hydrogens (primary N) is 1. The molecule has 0 aliphatic carbocycles. The van der Waals surface area contributed by atoms with Gasteiger partial charge in [-0.15, -0.1) is 0 Å². The molecule has 0 saturated heterocycles. The average molecular weight is 216 g/mol. The molecule has 4 N–H and O–H groups in total. The molecule has 0 fully saturated rings. The van der Waals surface area contributed by atoms with E-state index in [-0.39, 0.29) is 0 Å². The van der Waals surface area contributed by atoms with E-state index in [1.807, 2.05) is 6.92 Å². The standard InChI is InChI=1S/C10H14F2N2O/c1-7-2-8(13)4-9(3-7)14-5-10(11,12)6-15/h2-4,14-15H,5-6,13H2,1H3. The van der Waals surface area contributed by atoms with Crippen LogP contribution in [0.25, 0.3) is 0 Å². The fourth-order valence-corrected chi connectivity index (χ4v) is 1.20. The van der Waals surface area contributed by atoms with Crippen LogP contribution in [0.15, 0.2) is 18.2 Å². The highest BCUT2D eigenvalue weighted by Gasteiger charge is 2.27. The van der Waals surface area contributed by atoms with Gasteiger partial charge in [-0.2, -0.15) is 0 Å². The van der Waals surface area contributed by atoms with Gasteiger partial charge in [0.2, 0.25) is 0 Å². The van der Waals surface area contributed by atoms with E-state index >= 15 is 0 Å². The predicted octanol–water partition coefficient (Wildman–Crippen LogP) is 1.62. The Morgan fingerprint density at radius 1 is 1.40 bits per heavy atom. The molecule has 15 heavy (non-hydrogen) atoms. The summed E-state index contributed by atoms with van der Waals surface area (Å²) in [5.74, 6) is -3.11. The molecule has 0 radical (unpaired) electrons. The van der Waals surface area contributed by atoms with Gasteiger partial charge in [0, 0.05) is 11.4 Å². The Hall–Kier alpha value is -1.36. The molecular formula is C10H14F2N2O. The van der Waals surface area contributed by atoms with Crippen LogP contribution in [0.4, 0.5) is 20.2 Å². The highest BCUT2D eigenvalue weighted by atomic mass is 19.3. The highest BCUT2D eigenvalue weighted by Crippen LogP contribution is 2.18. The molecule has 0 heterocycles. The van der Waals surface area contributed by atoms with Gasteiger partial charge < -0.3 is 16.2 Å². The van der Waals surface area contributed by atoms with Crippen LogP contribution in [-0.4, -0.2) is 24.2 Å². The third-order valence-corrected chi connectivity index (χ3v) is 1.88. The van der Waals surface area contributed by atoms with Crippen LogP contribution in [0, 0.1) is 6.92 Å². The summed E-state index contributed by atoms with van der Waals surface area (Å²) in [6.45, 7) is 0.0550. The third kappa shape index (κ3) is 3.71. The van der Waals surface area contributed by atoms with Crippen molar-refractivity contribution in [3.8, 4) is 0 Å². The maximum atomic E-state index is 12.7. The average Bonchev–Trinajstić information content (AvgIpc) is 2.14. The molecule has 0 unspecified atom stereocenters. The quantitative estimate of drug-likeness (QED) is 0.670. The lowest BCUT2D eigenvalue weighted by Crippen LogP contribution is -2.31. The fourth-order valence-electron chi connectivity index (χ4n) is 1.20. The van der Waals surface area contributed by atoms with Crippen molar-refractivity contribution < 1.29 is 13.9 Å². The molecule has 1 aromatic rings. The molecule has 5 heteroatoms. The number of nitrogens with one attached hydrogen (secondary N) is 1. The molecule has 0 aromatic heterocycles. The number of anilines is 2. The molecule has 0 aliphatic heterocycles. The van der Waals surface area contributed by atoms with Gasteiger partial charge >= 0.3 is 0 Å². The van der Waals surface area contributed by atoms with Crippen molar-refractivity contribution in [2.45, 2.75) is 12.8 Å². The van der Waals surface area contributed by atoms with Crippen molar-refractivity contribution >= 4 is 11.4 Å². The Morgan fingerprint density at radius 2 is 2.07 bits per heavy atom. The van der Waals surface area contributed by atoms with Crippen molar-refractivity contribution in [2.24, 2.45) is 0 Å². The van der Waals surface area contributed by atoms with Gasteiger partial charge in [0.15, 0.2) is 0 Å². The highest BCUT2D eigenvalue weighted by molar-refractivity contribution is 5.56. The summed E-state index contributed by atoms with van der Waals surface area (Å²) in [5.41, 5.74) is 7.49. The van der Waals surface area contributed by atoms with Gasteiger partial charge in [-0.05, 0) is 30.7 Å². The van der Waals surface area contributed by atoms with E-state index in [0.29, 0.717) is 11.4 Å². The second-order valence-electron chi connectivity index (χ2n) is 3.50. The van der Waals surface area contributed by atoms with Crippen LogP contribution in [-0.2, 0) is 0 Å². The number of aliphatic hydroxyl groups excluding tert-OH is 1. The number of benzene rings is 1. The fraction of sp³-hybridized carbons (Fsp3) is 0.400. The first kappa shape index (κ1) is 11.7. The van der Waals surface area contributed by atoms with E-state index in [9.17, 15) is 8.78 Å². The van der Waals surface area contributed by atoms with Gasteiger partial charge in [0.1, 0.15) is 6.61 Å². The zero-order chi connectivity index (χ0) is 11.5. The lowest BCUT2D eigenvalue weighted by atomic mass is 10.2. The lowest BCUT2D eigenvalue weighted by molar-refractivity contribution is -0.0372. The topological polar surface area (TPSA) is 58.3 Å². The minimum Gasteiger partial charge on any atom is -0.399 e.